The molecule has 0 bridgehead atoms. The summed E-state index contributed by atoms with van der Waals surface area (Å²) < 4.78 is 5.69. The van der Waals surface area contributed by atoms with Gasteiger partial charge < -0.3 is 20.1 Å². The molecule has 1 rings (SSSR count). The maximum absolute atomic E-state index is 10.5. The van der Waals surface area contributed by atoms with Crippen molar-refractivity contribution in [3.63, 3.8) is 0 Å². The molecule has 0 amide bonds. The van der Waals surface area contributed by atoms with Crippen molar-refractivity contribution in [3.05, 3.63) is 24.3 Å². The Balaban J connectivity index is 2.63. The maximum Gasteiger partial charge on any atom is 0.303 e. The number of hydrogen-bond donors (Lipinski definition) is 3. The molecule has 5 atom stereocenters. The van der Waals surface area contributed by atoms with E-state index in [1.54, 1.807) is 7.11 Å². The van der Waals surface area contributed by atoms with Gasteiger partial charge in [0.1, 0.15) is 0 Å². The first-order chi connectivity index (χ1) is 12.8. The second kappa shape index (κ2) is 12.3. The van der Waals surface area contributed by atoms with Crippen LogP contribution in [0, 0.1) is 11.8 Å². The minimum Gasteiger partial charge on any atom is -0.481 e. The van der Waals surface area contributed by atoms with Crippen molar-refractivity contribution in [1.29, 1.82) is 0 Å². The summed E-state index contributed by atoms with van der Waals surface area (Å²) in [5, 5.41) is 29.4. The molecule has 0 aromatic carbocycles. The van der Waals surface area contributed by atoms with Crippen LogP contribution in [0.5, 0.6) is 0 Å². The highest BCUT2D eigenvalue weighted by Gasteiger charge is 2.39. The maximum atomic E-state index is 10.5. The van der Waals surface area contributed by atoms with E-state index in [-0.39, 0.29) is 23.9 Å². The average molecular weight is 383 g/mol. The van der Waals surface area contributed by atoms with Gasteiger partial charge in [0.05, 0.1) is 17.8 Å². The van der Waals surface area contributed by atoms with Crippen LogP contribution in [0.4, 0.5) is 0 Å². The molecule has 0 unspecified atom stereocenters. The van der Waals surface area contributed by atoms with Crippen LogP contribution in [0.1, 0.15) is 71.6 Å². The zero-order valence-corrected chi connectivity index (χ0v) is 17.1. The summed E-state index contributed by atoms with van der Waals surface area (Å²) in [5.41, 5.74) is -0.348. The van der Waals surface area contributed by atoms with Gasteiger partial charge in [-0.2, -0.15) is 0 Å². The van der Waals surface area contributed by atoms with E-state index in [4.69, 9.17) is 9.84 Å². The van der Waals surface area contributed by atoms with E-state index in [1.165, 1.54) is 6.42 Å². The first-order valence-corrected chi connectivity index (χ1v) is 10.3. The number of aliphatic hydroxyl groups excluding tert-OH is 2. The summed E-state index contributed by atoms with van der Waals surface area (Å²) in [6.07, 6.45) is 14.0. The fraction of sp³-hybridized carbons (Fsp3) is 0.773. The fourth-order valence-electron chi connectivity index (χ4n) is 3.74. The number of unbranched alkanes of at least 4 members (excludes halogenated alkanes) is 3. The number of carboxylic acid groups (broad SMARTS) is 1. The van der Waals surface area contributed by atoms with Crippen LogP contribution in [0.25, 0.3) is 0 Å². The Morgan fingerprint density at radius 2 is 1.93 bits per heavy atom. The third kappa shape index (κ3) is 8.58. The van der Waals surface area contributed by atoms with Gasteiger partial charge in [-0.15, -0.1) is 0 Å². The molecular weight excluding hydrogens is 344 g/mol. The molecule has 156 valence electrons. The number of aliphatic hydroxyl groups is 2. The highest BCUT2D eigenvalue weighted by molar-refractivity contribution is 5.66. The van der Waals surface area contributed by atoms with Gasteiger partial charge in [0, 0.05) is 25.9 Å². The Morgan fingerprint density at radius 1 is 1.19 bits per heavy atom. The topological polar surface area (TPSA) is 87.0 Å². The predicted molar refractivity (Wildman–Crippen MR) is 108 cm³/mol. The van der Waals surface area contributed by atoms with Gasteiger partial charge in [-0.1, -0.05) is 50.5 Å². The van der Waals surface area contributed by atoms with E-state index in [1.807, 2.05) is 18.2 Å². The monoisotopic (exact) mass is 382 g/mol. The quantitative estimate of drug-likeness (QED) is 0.330. The summed E-state index contributed by atoms with van der Waals surface area (Å²) >= 11 is 0. The third-order valence-corrected chi connectivity index (χ3v) is 5.67. The molecule has 0 saturated heterocycles. The minimum absolute atomic E-state index is 0.0243. The lowest BCUT2D eigenvalue weighted by Gasteiger charge is -2.26. The Morgan fingerprint density at radius 3 is 2.56 bits per heavy atom. The average Bonchev–Trinajstić information content (AvgIpc) is 2.89. The van der Waals surface area contributed by atoms with Gasteiger partial charge in [-0.3, -0.25) is 4.79 Å². The number of aliphatic carboxylic acids is 1. The zero-order valence-electron chi connectivity index (χ0n) is 17.1. The molecule has 3 N–H and O–H groups in total. The van der Waals surface area contributed by atoms with E-state index < -0.39 is 18.2 Å². The number of carbonyl (C=O) groups is 1. The second-order valence-corrected chi connectivity index (χ2v) is 7.94. The largest absolute Gasteiger partial charge is 0.481 e. The molecule has 0 heterocycles. The van der Waals surface area contributed by atoms with Crippen molar-refractivity contribution in [1.82, 2.24) is 0 Å². The Kier molecular flexibility index (Phi) is 10.9. The highest BCUT2D eigenvalue weighted by Crippen LogP contribution is 2.37. The van der Waals surface area contributed by atoms with Gasteiger partial charge >= 0.3 is 5.97 Å². The van der Waals surface area contributed by atoms with Crippen molar-refractivity contribution >= 4 is 5.97 Å². The van der Waals surface area contributed by atoms with Crippen molar-refractivity contribution in [2.24, 2.45) is 11.8 Å². The highest BCUT2D eigenvalue weighted by atomic mass is 16.5. The molecule has 1 aliphatic rings. The third-order valence-electron chi connectivity index (χ3n) is 5.67. The Labute approximate surface area is 164 Å². The number of carboxylic acids is 1. The molecule has 27 heavy (non-hydrogen) atoms. The van der Waals surface area contributed by atoms with E-state index in [0.717, 1.165) is 25.7 Å². The fourth-order valence-corrected chi connectivity index (χ4v) is 3.74. The molecule has 5 heteroatoms. The van der Waals surface area contributed by atoms with E-state index in [0.29, 0.717) is 19.3 Å². The summed E-state index contributed by atoms with van der Waals surface area (Å²) in [5.74, 6) is -0.892. The van der Waals surface area contributed by atoms with Crippen molar-refractivity contribution in [2.45, 2.75) is 89.4 Å². The van der Waals surface area contributed by atoms with Crippen LogP contribution >= 0.6 is 0 Å². The smallest absolute Gasteiger partial charge is 0.303 e. The lowest BCUT2D eigenvalue weighted by atomic mass is 9.87. The molecule has 0 spiro atoms. The van der Waals surface area contributed by atoms with E-state index >= 15 is 0 Å². The number of allylic oxidation sites excluding steroid dienone is 2. The van der Waals surface area contributed by atoms with Gasteiger partial charge in [0.15, 0.2) is 0 Å². The van der Waals surface area contributed by atoms with Crippen LogP contribution in [0.2, 0.25) is 0 Å². The standard InChI is InChI=1S/C22H38O5/c1-4-5-10-14-22(2,27-3)15-13-18-17(19(23)16-20(18)24)11-8-6-7-9-12-21(25)26/h6,8,13,15,17-20,23-24H,4-5,7,9-12,14,16H2,1-3H3,(H,25,26)/b8-6-,15-13+/t17-,18-,19+,20-,22+/m1/s1. The predicted octanol–water partition coefficient (Wildman–Crippen LogP) is 4.09. The van der Waals surface area contributed by atoms with E-state index in [9.17, 15) is 15.0 Å². The molecule has 1 fully saturated rings. The van der Waals surface area contributed by atoms with Crippen LogP contribution < -0.4 is 0 Å². The number of methoxy groups -OCH3 is 1. The van der Waals surface area contributed by atoms with Crippen molar-refractivity contribution < 1.29 is 24.9 Å². The normalized spacial score (nSPS) is 28.2. The lowest BCUT2D eigenvalue weighted by molar-refractivity contribution is -0.137. The lowest BCUT2D eigenvalue weighted by Crippen LogP contribution is -2.26. The first-order valence-electron chi connectivity index (χ1n) is 10.3. The molecule has 0 aromatic heterocycles. The summed E-state index contributed by atoms with van der Waals surface area (Å²) in [4.78, 5) is 10.5. The zero-order chi connectivity index (χ0) is 20.3. The Hall–Kier alpha value is -1.17. The second-order valence-electron chi connectivity index (χ2n) is 7.94. The molecule has 0 radical (unpaired) electrons. The molecule has 1 aliphatic carbocycles. The minimum atomic E-state index is -0.775. The van der Waals surface area contributed by atoms with Crippen LogP contribution in [-0.4, -0.2) is 46.2 Å². The van der Waals surface area contributed by atoms with Crippen LogP contribution in [0.15, 0.2) is 24.3 Å². The van der Waals surface area contributed by atoms with Gasteiger partial charge in [-0.25, -0.2) is 0 Å². The molecular formula is C22H38O5. The molecule has 5 nitrogen and oxygen atoms in total. The van der Waals surface area contributed by atoms with Crippen molar-refractivity contribution in [3.8, 4) is 0 Å². The summed E-state index contributed by atoms with van der Waals surface area (Å²) in [6, 6.07) is 0. The van der Waals surface area contributed by atoms with Gasteiger partial charge in [-0.05, 0) is 38.5 Å². The van der Waals surface area contributed by atoms with Crippen LogP contribution in [-0.2, 0) is 9.53 Å². The Bertz CT molecular complexity index is 487. The van der Waals surface area contributed by atoms with Crippen LogP contribution in [0.3, 0.4) is 0 Å². The molecule has 0 aromatic rings. The van der Waals surface area contributed by atoms with E-state index in [2.05, 4.69) is 19.9 Å². The number of ether oxygens (including phenoxy) is 1. The number of hydrogen-bond acceptors (Lipinski definition) is 4. The first kappa shape index (κ1) is 23.9. The van der Waals surface area contributed by atoms with Gasteiger partial charge in [0.25, 0.3) is 0 Å². The number of rotatable bonds is 13. The SMILES string of the molecule is CCCCC[C@@](C)(/C=C/[C@@H]1[C@@H](C/C=C\CCCC(=O)O)[C@@H](O)C[C@H]1O)OC. The molecule has 0 aliphatic heterocycles. The summed E-state index contributed by atoms with van der Waals surface area (Å²) in [6.45, 7) is 4.24. The molecule has 1 saturated carbocycles. The summed E-state index contributed by atoms with van der Waals surface area (Å²) in [7, 11) is 1.72. The van der Waals surface area contributed by atoms with Gasteiger partial charge in [0.2, 0.25) is 0 Å². The van der Waals surface area contributed by atoms with Crippen molar-refractivity contribution in [2.75, 3.05) is 7.11 Å².